The summed E-state index contributed by atoms with van der Waals surface area (Å²) in [6.07, 6.45) is 2.73. The van der Waals surface area contributed by atoms with Gasteiger partial charge in [-0.2, -0.15) is 5.26 Å². The Morgan fingerprint density at radius 2 is 2.36 bits per heavy atom. The SMILES string of the molecule is CC(C#N)N(C)CCC(=O)NC1CC1. The van der Waals surface area contributed by atoms with Crippen LogP contribution in [0.25, 0.3) is 0 Å². The molecule has 1 N–H and O–H groups in total. The molecule has 1 unspecified atom stereocenters. The third-order valence-electron chi connectivity index (χ3n) is 2.48. The van der Waals surface area contributed by atoms with Crippen LogP contribution in [0.2, 0.25) is 0 Å². The molecule has 0 aromatic rings. The molecule has 0 bridgehead atoms. The van der Waals surface area contributed by atoms with Crippen LogP contribution in [0.3, 0.4) is 0 Å². The van der Waals surface area contributed by atoms with Gasteiger partial charge in [0, 0.05) is 19.0 Å². The molecule has 4 heteroatoms. The van der Waals surface area contributed by atoms with Crippen molar-refractivity contribution in [3.05, 3.63) is 0 Å². The van der Waals surface area contributed by atoms with E-state index in [9.17, 15) is 4.79 Å². The average Bonchev–Trinajstić information content (AvgIpc) is 2.96. The van der Waals surface area contributed by atoms with E-state index in [1.807, 2.05) is 18.9 Å². The molecule has 1 aliphatic carbocycles. The Morgan fingerprint density at radius 3 is 2.86 bits per heavy atom. The van der Waals surface area contributed by atoms with Gasteiger partial charge in [0.05, 0.1) is 12.1 Å². The van der Waals surface area contributed by atoms with E-state index in [0.29, 0.717) is 19.0 Å². The van der Waals surface area contributed by atoms with Crippen molar-refractivity contribution in [2.24, 2.45) is 0 Å². The summed E-state index contributed by atoms with van der Waals surface area (Å²) < 4.78 is 0. The maximum absolute atomic E-state index is 11.3. The zero-order valence-corrected chi connectivity index (χ0v) is 8.79. The second-order valence-corrected chi connectivity index (χ2v) is 3.88. The topological polar surface area (TPSA) is 56.1 Å². The predicted octanol–water partition coefficient (Wildman–Crippen LogP) is 0.499. The minimum absolute atomic E-state index is 0.101. The summed E-state index contributed by atoms with van der Waals surface area (Å²) in [5.41, 5.74) is 0. The van der Waals surface area contributed by atoms with Gasteiger partial charge in [-0.1, -0.05) is 0 Å². The monoisotopic (exact) mass is 195 g/mol. The summed E-state index contributed by atoms with van der Waals surface area (Å²) in [6, 6.07) is 2.45. The van der Waals surface area contributed by atoms with Crippen molar-refractivity contribution >= 4 is 5.91 Å². The molecule has 1 saturated carbocycles. The lowest BCUT2D eigenvalue weighted by molar-refractivity contribution is -0.121. The van der Waals surface area contributed by atoms with Crippen molar-refractivity contribution in [1.82, 2.24) is 10.2 Å². The van der Waals surface area contributed by atoms with E-state index in [4.69, 9.17) is 5.26 Å². The highest BCUT2D eigenvalue weighted by atomic mass is 16.1. The summed E-state index contributed by atoms with van der Waals surface area (Å²) in [5.74, 6) is 0.101. The van der Waals surface area contributed by atoms with Crippen LogP contribution in [0.4, 0.5) is 0 Å². The number of nitrogens with zero attached hydrogens (tertiary/aromatic N) is 2. The minimum atomic E-state index is -0.122. The van der Waals surface area contributed by atoms with Gasteiger partial charge in [-0.15, -0.1) is 0 Å². The molecule has 78 valence electrons. The highest BCUT2D eigenvalue weighted by Crippen LogP contribution is 2.18. The molecule has 0 radical (unpaired) electrons. The molecule has 1 fully saturated rings. The minimum Gasteiger partial charge on any atom is -0.353 e. The number of rotatable bonds is 5. The Bertz CT molecular complexity index is 242. The first-order valence-corrected chi connectivity index (χ1v) is 5.02. The first-order valence-electron chi connectivity index (χ1n) is 5.02. The summed E-state index contributed by atoms with van der Waals surface area (Å²) >= 11 is 0. The molecule has 1 aliphatic rings. The lowest BCUT2D eigenvalue weighted by Crippen LogP contribution is -2.33. The van der Waals surface area contributed by atoms with Crippen LogP contribution in [0, 0.1) is 11.3 Å². The lowest BCUT2D eigenvalue weighted by atomic mass is 10.3. The third kappa shape index (κ3) is 3.75. The van der Waals surface area contributed by atoms with Crippen LogP contribution in [-0.4, -0.2) is 36.5 Å². The van der Waals surface area contributed by atoms with Gasteiger partial charge in [0.15, 0.2) is 0 Å². The van der Waals surface area contributed by atoms with Crippen LogP contribution in [0.15, 0.2) is 0 Å². The van der Waals surface area contributed by atoms with E-state index in [1.165, 1.54) is 0 Å². The summed E-state index contributed by atoms with van der Waals surface area (Å²) in [4.78, 5) is 13.2. The Balaban J connectivity index is 2.12. The molecule has 0 aromatic carbocycles. The van der Waals surface area contributed by atoms with Crippen LogP contribution >= 0.6 is 0 Å². The van der Waals surface area contributed by atoms with Gasteiger partial charge in [-0.05, 0) is 26.8 Å². The van der Waals surface area contributed by atoms with E-state index >= 15 is 0 Å². The molecule has 1 atom stereocenters. The van der Waals surface area contributed by atoms with Crippen molar-refractivity contribution < 1.29 is 4.79 Å². The largest absolute Gasteiger partial charge is 0.353 e. The maximum atomic E-state index is 11.3. The van der Waals surface area contributed by atoms with Crippen LogP contribution in [-0.2, 0) is 4.79 Å². The van der Waals surface area contributed by atoms with E-state index < -0.39 is 0 Å². The van der Waals surface area contributed by atoms with Crippen LogP contribution in [0.1, 0.15) is 26.2 Å². The van der Waals surface area contributed by atoms with Gasteiger partial charge >= 0.3 is 0 Å². The van der Waals surface area contributed by atoms with Crippen molar-refractivity contribution in [2.45, 2.75) is 38.3 Å². The fourth-order valence-electron chi connectivity index (χ4n) is 1.10. The first kappa shape index (κ1) is 11.0. The molecule has 0 spiro atoms. The molecule has 1 amide bonds. The maximum Gasteiger partial charge on any atom is 0.221 e. The number of carbonyl (C=O) groups is 1. The van der Waals surface area contributed by atoms with Gasteiger partial charge in [-0.3, -0.25) is 9.69 Å². The van der Waals surface area contributed by atoms with Gasteiger partial charge in [-0.25, -0.2) is 0 Å². The summed E-state index contributed by atoms with van der Waals surface area (Å²) in [5, 5.41) is 11.6. The quantitative estimate of drug-likeness (QED) is 0.695. The molecule has 14 heavy (non-hydrogen) atoms. The fraction of sp³-hybridized carbons (Fsp3) is 0.800. The van der Waals surface area contributed by atoms with Crippen molar-refractivity contribution in [3.63, 3.8) is 0 Å². The Morgan fingerprint density at radius 1 is 1.71 bits per heavy atom. The molecule has 0 saturated heterocycles. The normalized spacial score (nSPS) is 17.6. The van der Waals surface area contributed by atoms with Gasteiger partial charge in [0.2, 0.25) is 5.91 Å². The van der Waals surface area contributed by atoms with Crippen molar-refractivity contribution in [3.8, 4) is 6.07 Å². The highest BCUT2D eigenvalue weighted by molar-refractivity contribution is 5.76. The van der Waals surface area contributed by atoms with Crippen LogP contribution in [0.5, 0.6) is 0 Å². The Labute approximate surface area is 84.9 Å². The smallest absolute Gasteiger partial charge is 0.221 e. The number of amides is 1. The zero-order valence-electron chi connectivity index (χ0n) is 8.79. The predicted molar refractivity (Wildman–Crippen MR) is 53.5 cm³/mol. The molecule has 4 nitrogen and oxygen atoms in total. The second kappa shape index (κ2) is 4.97. The summed E-state index contributed by atoms with van der Waals surface area (Å²) in [7, 11) is 1.86. The van der Waals surface area contributed by atoms with Crippen molar-refractivity contribution in [1.29, 1.82) is 5.26 Å². The average molecular weight is 195 g/mol. The third-order valence-corrected chi connectivity index (χ3v) is 2.48. The van der Waals surface area contributed by atoms with E-state index in [1.54, 1.807) is 0 Å². The van der Waals surface area contributed by atoms with E-state index in [-0.39, 0.29) is 11.9 Å². The van der Waals surface area contributed by atoms with Gasteiger partial charge < -0.3 is 5.32 Å². The Hall–Kier alpha value is -1.08. The highest BCUT2D eigenvalue weighted by Gasteiger charge is 2.23. The van der Waals surface area contributed by atoms with Gasteiger partial charge in [0.25, 0.3) is 0 Å². The van der Waals surface area contributed by atoms with Crippen molar-refractivity contribution in [2.75, 3.05) is 13.6 Å². The lowest BCUT2D eigenvalue weighted by Gasteiger charge is -2.18. The number of nitriles is 1. The number of carbonyl (C=O) groups excluding carboxylic acids is 1. The Kier molecular flexibility index (Phi) is 3.90. The second-order valence-electron chi connectivity index (χ2n) is 3.88. The molecular formula is C10H17N3O. The van der Waals surface area contributed by atoms with Gasteiger partial charge in [0.1, 0.15) is 0 Å². The number of hydrogen-bond donors (Lipinski definition) is 1. The first-order chi connectivity index (χ1) is 6.63. The van der Waals surface area contributed by atoms with E-state index in [0.717, 1.165) is 12.8 Å². The number of nitrogens with one attached hydrogen (secondary N) is 1. The molecule has 0 aromatic heterocycles. The van der Waals surface area contributed by atoms with E-state index in [2.05, 4.69) is 11.4 Å². The fourth-order valence-corrected chi connectivity index (χ4v) is 1.10. The molecule has 0 aliphatic heterocycles. The molecular weight excluding hydrogens is 178 g/mol. The number of hydrogen-bond acceptors (Lipinski definition) is 3. The standard InChI is InChI=1S/C10H17N3O/c1-8(7-11)13(2)6-5-10(14)12-9-3-4-9/h8-9H,3-6H2,1-2H3,(H,12,14). The summed E-state index contributed by atoms with van der Waals surface area (Å²) in [6.45, 7) is 2.48. The molecule has 0 heterocycles. The zero-order chi connectivity index (χ0) is 10.6. The van der Waals surface area contributed by atoms with Crippen LogP contribution < -0.4 is 5.32 Å². The molecule has 1 rings (SSSR count).